The third-order valence-corrected chi connectivity index (χ3v) is 3.31. The highest BCUT2D eigenvalue weighted by atomic mass is 14.2. The van der Waals surface area contributed by atoms with Crippen LogP contribution >= 0.6 is 0 Å². The van der Waals surface area contributed by atoms with Crippen molar-refractivity contribution in [3.8, 4) is 0 Å². The van der Waals surface area contributed by atoms with E-state index in [9.17, 15) is 0 Å². The molecular weight excluding hydrogens is 180 g/mol. The number of hydrogen-bond donors (Lipinski definition) is 0. The second-order valence-corrected chi connectivity index (χ2v) is 5.64. The molecule has 0 spiro atoms. The van der Waals surface area contributed by atoms with Gasteiger partial charge in [0.25, 0.3) is 0 Å². The predicted molar refractivity (Wildman–Crippen MR) is 71.0 cm³/mol. The van der Waals surface area contributed by atoms with Crippen molar-refractivity contribution >= 4 is 0 Å². The van der Waals surface area contributed by atoms with Gasteiger partial charge in [-0.15, -0.1) is 0 Å². The molecule has 0 aliphatic heterocycles. The van der Waals surface area contributed by atoms with Gasteiger partial charge >= 0.3 is 0 Å². The molecule has 0 aliphatic rings. The molecule has 0 nitrogen and oxygen atoms in total. The van der Waals surface area contributed by atoms with Gasteiger partial charge in [-0.1, -0.05) is 79.1 Å². The van der Waals surface area contributed by atoms with Gasteiger partial charge in [0, 0.05) is 0 Å². The van der Waals surface area contributed by atoms with Crippen molar-refractivity contribution in [2.24, 2.45) is 5.41 Å². The van der Waals surface area contributed by atoms with Crippen molar-refractivity contribution < 1.29 is 0 Å². The fourth-order valence-corrected chi connectivity index (χ4v) is 2.11. The average molecular weight is 211 g/mol. The lowest BCUT2D eigenvalue weighted by molar-refractivity contribution is 0.287. The summed E-state index contributed by atoms with van der Waals surface area (Å²) in [6.45, 7) is 11.0. The molecule has 0 heterocycles. The zero-order chi connectivity index (χ0) is 11.6. The van der Waals surface area contributed by atoms with Crippen LogP contribution in [0.1, 0.15) is 85.0 Å². The first-order valence-corrected chi connectivity index (χ1v) is 6.91. The molecule has 0 N–H and O–H groups in total. The molecule has 0 aromatic rings. The summed E-state index contributed by atoms with van der Waals surface area (Å²) in [4.78, 5) is 0. The first kappa shape index (κ1) is 15.0. The van der Waals surface area contributed by atoms with Gasteiger partial charge in [-0.2, -0.15) is 0 Å². The van der Waals surface area contributed by atoms with Gasteiger partial charge in [0.2, 0.25) is 0 Å². The summed E-state index contributed by atoms with van der Waals surface area (Å²) in [5.41, 5.74) is 0.558. The molecule has 0 rings (SSSR count). The van der Waals surface area contributed by atoms with Crippen molar-refractivity contribution in [3.05, 3.63) is 6.92 Å². The summed E-state index contributed by atoms with van der Waals surface area (Å²) in [6.07, 6.45) is 13.7. The highest BCUT2D eigenvalue weighted by Crippen LogP contribution is 2.29. The van der Waals surface area contributed by atoms with Crippen molar-refractivity contribution in [1.29, 1.82) is 0 Å². The molecule has 15 heavy (non-hydrogen) atoms. The molecule has 0 saturated heterocycles. The first-order chi connectivity index (χ1) is 7.12. The van der Waals surface area contributed by atoms with Gasteiger partial charge in [-0.05, 0) is 18.3 Å². The molecular formula is C15H31. The second kappa shape index (κ2) is 9.24. The zero-order valence-electron chi connectivity index (χ0n) is 11.3. The van der Waals surface area contributed by atoms with Crippen LogP contribution in [0.15, 0.2) is 0 Å². The molecule has 0 saturated carbocycles. The fourth-order valence-electron chi connectivity index (χ4n) is 2.11. The molecule has 0 aromatic heterocycles. The molecule has 0 atom stereocenters. The van der Waals surface area contributed by atoms with Crippen molar-refractivity contribution in [3.63, 3.8) is 0 Å². The van der Waals surface area contributed by atoms with Gasteiger partial charge < -0.3 is 0 Å². The maximum Gasteiger partial charge on any atom is -0.0354 e. The van der Waals surface area contributed by atoms with Gasteiger partial charge in [-0.3, -0.25) is 0 Å². The van der Waals surface area contributed by atoms with Crippen molar-refractivity contribution in [2.45, 2.75) is 85.0 Å². The van der Waals surface area contributed by atoms with E-state index in [1.165, 1.54) is 57.8 Å². The molecule has 0 amide bonds. The van der Waals surface area contributed by atoms with Crippen LogP contribution in [0.4, 0.5) is 0 Å². The van der Waals surface area contributed by atoms with E-state index < -0.39 is 0 Å². The van der Waals surface area contributed by atoms with Gasteiger partial charge in [0.05, 0.1) is 0 Å². The van der Waals surface area contributed by atoms with E-state index in [1.54, 1.807) is 0 Å². The second-order valence-electron chi connectivity index (χ2n) is 5.64. The van der Waals surface area contributed by atoms with E-state index in [0.29, 0.717) is 5.41 Å². The topological polar surface area (TPSA) is 0 Å². The summed E-state index contributed by atoms with van der Waals surface area (Å²) in [7, 11) is 0. The Morgan fingerprint density at radius 1 is 0.800 bits per heavy atom. The quantitative estimate of drug-likeness (QED) is 0.402. The standard InChI is InChI=1S/C15H31/c1-5-7-9-10-11-12-14-15(3,4)13-8-6-2/h2,5-14H2,1,3-4H3. The third-order valence-electron chi connectivity index (χ3n) is 3.31. The van der Waals surface area contributed by atoms with Gasteiger partial charge in [0.15, 0.2) is 0 Å². The Kier molecular flexibility index (Phi) is 9.24. The maximum atomic E-state index is 3.92. The minimum absolute atomic E-state index is 0.558. The fraction of sp³-hybridized carbons (Fsp3) is 0.933. The van der Waals surface area contributed by atoms with E-state index in [0.717, 1.165) is 6.42 Å². The highest BCUT2D eigenvalue weighted by molar-refractivity contribution is 4.68. The first-order valence-electron chi connectivity index (χ1n) is 6.91. The van der Waals surface area contributed by atoms with E-state index in [1.807, 2.05) is 0 Å². The lowest BCUT2D eigenvalue weighted by atomic mass is 9.82. The molecule has 0 aromatic carbocycles. The summed E-state index contributed by atoms with van der Waals surface area (Å²) >= 11 is 0. The van der Waals surface area contributed by atoms with Crippen LogP contribution in [0, 0.1) is 12.3 Å². The molecule has 91 valence electrons. The van der Waals surface area contributed by atoms with E-state index in [-0.39, 0.29) is 0 Å². The van der Waals surface area contributed by atoms with Crippen LogP contribution < -0.4 is 0 Å². The number of hydrogen-bond acceptors (Lipinski definition) is 0. The Morgan fingerprint density at radius 3 is 1.93 bits per heavy atom. The molecule has 1 radical (unpaired) electrons. The molecule has 0 aliphatic carbocycles. The largest absolute Gasteiger partial charge is 0.0654 e. The lowest BCUT2D eigenvalue weighted by Gasteiger charge is -2.24. The van der Waals surface area contributed by atoms with Gasteiger partial charge in [0.1, 0.15) is 0 Å². The Bertz CT molecular complexity index is 124. The number of unbranched alkanes of at least 4 members (excludes halogenated alkanes) is 6. The van der Waals surface area contributed by atoms with Crippen molar-refractivity contribution in [1.82, 2.24) is 0 Å². The SMILES string of the molecule is [CH2]CCCC(C)(C)CCCCCCCC. The molecule has 0 heteroatoms. The zero-order valence-corrected chi connectivity index (χ0v) is 11.3. The Balaban J connectivity index is 3.32. The van der Waals surface area contributed by atoms with E-state index in [4.69, 9.17) is 0 Å². The molecule has 0 fully saturated rings. The van der Waals surface area contributed by atoms with Crippen LogP contribution in [-0.2, 0) is 0 Å². The van der Waals surface area contributed by atoms with Crippen LogP contribution in [-0.4, -0.2) is 0 Å². The van der Waals surface area contributed by atoms with Crippen LogP contribution in [0.3, 0.4) is 0 Å². The summed E-state index contributed by atoms with van der Waals surface area (Å²) in [5, 5.41) is 0. The maximum absolute atomic E-state index is 3.92. The molecule has 0 unspecified atom stereocenters. The Labute approximate surface area is 97.8 Å². The minimum Gasteiger partial charge on any atom is -0.0654 e. The monoisotopic (exact) mass is 211 g/mol. The minimum atomic E-state index is 0.558. The molecule has 0 bridgehead atoms. The van der Waals surface area contributed by atoms with Gasteiger partial charge in [-0.25, -0.2) is 0 Å². The summed E-state index contributed by atoms with van der Waals surface area (Å²) in [6, 6.07) is 0. The van der Waals surface area contributed by atoms with E-state index >= 15 is 0 Å². The lowest BCUT2D eigenvalue weighted by Crippen LogP contribution is -2.10. The van der Waals surface area contributed by atoms with Crippen LogP contribution in [0.5, 0.6) is 0 Å². The highest BCUT2D eigenvalue weighted by Gasteiger charge is 2.15. The number of rotatable bonds is 10. The average Bonchev–Trinajstić information content (AvgIpc) is 2.20. The predicted octanol–water partition coefficient (Wildman–Crippen LogP) is 5.77. The Morgan fingerprint density at radius 2 is 1.33 bits per heavy atom. The van der Waals surface area contributed by atoms with E-state index in [2.05, 4.69) is 27.7 Å². The van der Waals surface area contributed by atoms with Crippen LogP contribution in [0.25, 0.3) is 0 Å². The summed E-state index contributed by atoms with van der Waals surface area (Å²) < 4.78 is 0. The van der Waals surface area contributed by atoms with Crippen LogP contribution in [0.2, 0.25) is 0 Å². The summed E-state index contributed by atoms with van der Waals surface area (Å²) in [5.74, 6) is 0. The van der Waals surface area contributed by atoms with Crippen molar-refractivity contribution in [2.75, 3.05) is 0 Å². The third kappa shape index (κ3) is 10.3. The smallest absolute Gasteiger partial charge is 0.0354 e. The normalized spacial score (nSPS) is 12.0. The Hall–Kier alpha value is 0.